The Morgan fingerprint density at radius 2 is 2.60 bits per heavy atom. The molecule has 1 aromatic rings. The third-order valence-electron chi connectivity index (χ3n) is 0.821. The first-order chi connectivity index (χ1) is 4.79. The van der Waals surface area contributed by atoms with Crippen molar-refractivity contribution in [3.05, 3.63) is 18.5 Å². The van der Waals surface area contributed by atoms with Crippen LogP contribution in [0.4, 0.5) is 0 Å². The monoisotopic (exact) mass is 139 g/mol. The average Bonchev–Trinajstić information content (AvgIpc) is 1.88. The predicted octanol–water partition coefficient (Wildman–Crippen LogP) is -0.179. The van der Waals surface area contributed by atoms with Crippen LogP contribution in [0.25, 0.3) is 0 Å². The molecule has 0 unspecified atom stereocenters. The molecule has 0 aliphatic heterocycles. The molecule has 1 heterocycles. The Balaban J connectivity index is 2.67. The number of carbonyl (C=O) groups is 1. The van der Waals surface area contributed by atoms with Gasteiger partial charge >= 0.3 is 12.0 Å². The van der Waals surface area contributed by atoms with Gasteiger partial charge in [-0.3, -0.25) is 4.79 Å². The molecule has 10 heavy (non-hydrogen) atoms. The Hall–Kier alpha value is -1.45. The van der Waals surface area contributed by atoms with E-state index in [1.54, 1.807) is 12.3 Å². The molecule has 4 nitrogen and oxygen atoms in total. The highest BCUT2D eigenvalue weighted by atomic mass is 16.5. The summed E-state index contributed by atoms with van der Waals surface area (Å²) in [6, 6.07) is 1.92. The van der Waals surface area contributed by atoms with Crippen LogP contribution in [-0.2, 0) is 4.79 Å². The summed E-state index contributed by atoms with van der Waals surface area (Å²) in [6.45, 7) is 1.32. The molecular weight excluding hydrogens is 132 g/mol. The number of ether oxygens (including phenoxy) is 1. The number of nitrogens with one attached hydrogen (secondary N) is 1. The Labute approximate surface area is 57.9 Å². The van der Waals surface area contributed by atoms with E-state index in [0.717, 1.165) is 0 Å². The van der Waals surface area contributed by atoms with E-state index < -0.39 is 0 Å². The molecule has 0 aliphatic carbocycles. The molecule has 0 fully saturated rings. The van der Waals surface area contributed by atoms with Gasteiger partial charge in [-0.15, -0.1) is 0 Å². The Morgan fingerprint density at radius 3 is 3.10 bits per heavy atom. The molecule has 1 N–H and O–H groups in total. The third-order valence-corrected chi connectivity index (χ3v) is 0.821. The van der Waals surface area contributed by atoms with E-state index in [1.165, 1.54) is 13.1 Å². The summed E-state index contributed by atoms with van der Waals surface area (Å²) in [4.78, 5) is 16.7. The van der Waals surface area contributed by atoms with Crippen LogP contribution in [0.15, 0.2) is 18.5 Å². The summed E-state index contributed by atoms with van der Waals surface area (Å²) in [5, 5.41) is 0. The highest BCUT2D eigenvalue weighted by Crippen LogP contribution is 1.90. The highest BCUT2D eigenvalue weighted by molar-refractivity contribution is 5.67. The molecular formula is C6H7N2O2+. The second-order valence-electron chi connectivity index (χ2n) is 1.68. The van der Waals surface area contributed by atoms with Crippen molar-refractivity contribution in [3.8, 4) is 6.01 Å². The predicted molar refractivity (Wildman–Crippen MR) is 32.1 cm³/mol. The minimum absolute atomic E-state index is 0.218. The van der Waals surface area contributed by atoms with Crippen molar-refractivity contribution in [2.45, 2.75) is 6.92 Å². The number of hydrogen-bond donors (Lipinski definition) is 0. The van der Waals surface area contributed by atoms with Gasteiger partial charge in [-0.05, 0) is 4.98 Å². The van der Waals surface area contributed by atoms with Crippen LogP contribution in [0.2, 0.25) is 0 Å². The van der Waals surface area contributed by atoms with Crippen molar-refractivity contribution in [1.82, 2.24) is 4.98 Å². The van der Waals surface area contributed by atoms with Crippen LogP contribution in [0.1, 0.15) is 6.92 Å². The minimum Gasteiger partial charge on any atom is -0.355 e. The average molecular weight is 139 g/mol. The summed E-state index contributed by atoms with van der Waals surface area (Å²) in [6.07, 6.45) is 3.17. The number of nitrogens with zero attached hydrogens (tertiary/aromatic N) is 1. The van der Waals surface area contributed by atoms with Crippen LogP contribution in [0, 0.1) is 0 Å². The van der Waals surface area contributed by atoms with E-state index in [2.05, 4.69) is 14.7 Å². The van der Waals surface area contributed by atoms with Crippen LogP contribution >= 0.6 is 0 Å². The van der Waals surface area contributed by atoms with E-state index >= 15 is 0 Å². The molecule has 0 aromatic carbocycles. The van der Waals surface area contributed by atoms with Crippen LogP contribution in [0.5, 0.6) is 6.01 Å². The molecule has 0 atom stereocenters. The summed E-state index contributed by atoms with van der Waals surface area (Å²) in [5.41, 5.74) is 0. The molecule has 52 valence electrons. The third kappa shape index (κ3) is 1.81. The van der Waals surface area contributed by atoms with Crippen molar-refractivity contribution in [2.75, 3.05) is 0 Å². The molecule has 0 amide bonds. The fraction of sp³-hybridized carbons (Fsp3) is 0.167. The van der Waals surface area contributed by atoms with Gasteiger partial charge in [-0.1, -0.05) is 0 Å². The quantitative estimate of drug-likeness (QED) is 0.507. The molecule has 0 bridgehead atoms. The molecule has 0 spiro atoms. The van der Waals surface area contributed by atoms with Gasteiger partial charge in [0.25, 0.3) is 0 Å². The smallest absolute Gasteiger partial charge is 0.355 e. The van der Waals surface area contributed by atoms with E-state index in [-0.39, 0.29) is 12.0 Å². The molecule has 0 saturated carbocycles. The normalized spacial score (nSPS) is 8.90. The number of hydrogen-bond acceptors (Lipinski definition) is 3. The van der Waals surface area contributed by atoms with Gasteiger partial charge in [0, 0.05) is 13.0 Å². The zero-order valence-corrected chi connectivity index (χ0v) is 5.50. The van der Waals surface area contributed by atoms with Gasteiger partial charge in [0.05, 0.1) is 6.20 Å². The van der Waals surface area contributed by atoms with Crippen molar-refractivity contribution in [2.24, 2.45) is 0 Å². The maximum atomic E-state index is 10.3. The molecule has 1 aromatic heterocycles. The lowest BCUT2D eigenvalue weighted by Gasteiger charge is -1.87. The molecule has 0 saturated heterocycles. The van der Waals surface area contributed by atoms with Gasteiger partial charge in [-0.2, -0.15) is 0 Å². The number of esters is 1. The number of H-pyrrole nitrogens is 1. The van der Waals surface area contributed by atoms with E-state index in [1.807, 2.05) is 0 Å². The van der Waals surface area contributed by atoms with Crippen LogP contribution in [0.3, 0.4) is 0 Å². The maximum Gasteiger partial charge on any atom is 0.503 e. The fourth-order valence-electron chi connectivity index (χ4n) is 0.502. The zero-order valence-electron chi connectivity index (χ0n) is 5.50. The van der Waals surface area contributed by atoms with Crippen LogP contribution < -0.4 is 9.72 Å². The van der Waals surface area contributed by atoms with Crippen molar-refractivity contribution >= 4 is 5.97 Å². The number of aromatic nitrogens is 2. The van der Waals surface area contributed by atoms with Crippen molar-refractivity contribution < 1.29 is 14.5 Å². The standard InChI is InChI=1S/C6H6N2O2/c1-5(9)10-6-7-3-2-4-8-6/h2-4H,1H3/p+1. The van der Waals surface area contributed by atoms with Gasteiger partial charge < -0.3 is 4.74 Å². The summed E-state index contributed by atoms with van der Waals surface area (Å²) in [5.74, 6) is -0.380. The molecule has 0 aliphatic rings. The largest absolute Gasteiger partial charge is 0.503 e. The molecule has 0 radical (unpaired) electrons. The Bertz CT molecular complexity index is 222. The lowest BCUT2D eigenvalue weighted by molar-refractivity contribution is -0.396. The van der Waals surface area contributed by atoms with E-state index in [9.17, 15) is 4.79 Å². The minimum atomic E-state index is -0.380. The first-order valence-corrected chi connectivity index (χ1v) is 2.80. The summed E-state index contributed by atoms with van der Waals surface area (Å²) < 4.78 is 4.61. The molecule has 4 heteroatoms. The van der Waals surface area contributed by atoms with Crippen molar-refractivity contribution in [3.63, 3.8) is 0 Å². The second-order valence-corrected chi connectivity index (χ2v) is 1.68. The Morgan fingerprint density at radius 1 is 1.80 bits per heavy atom. The lowest BCUT2D eigenvalue weighted by atomic mass is 10.7. The summed E-state index contributed by atoms with van der Waals surface area (Å²) in [7, 11) is 0. The fourth-order valence-corrected chi connectivity index (χ4v) is 0.502. The molecule has 1 rings (SSSR count). The second kappa shape index (κ2) is 2.91. The van der Waals surface area contributed by atoms with E-state index in [0.29, 0.717) is 0 Å². The zero-order chi connectivity index (χ0) is 7.40. The first kappa shape index (κ1) is 6.67. The first-order valence-electron chi connectivity index (χ1n) is 2.80. The Kier molecular flexibility index (Phi) is 1.94. The van der Waals surface area contributed by atoms with E-state index in [4.69, 9.17) is 0 Å². The SMILES string of the molecule is CC(=O)Oc1nccc[nH+]1. The number of aromatic amines is 1. The van der Waals surface area contributed by atoms with Gasteiger partial charge in [0.15, 0.2) is 0 Å². The lowest BCUT2D eigenvalue weighted by Crippen LogP contribution is -2.13. The topological polar surface area (TPSA) is 53.3 Å². The van der Waals surface area contributed by atoms with Gasteiger partial charge in [0.2, 0.25) is 0 Å². The van der Waals surface area contributed by atoms with Crippen LogP contribution in [-0.4, -0.2) is 11.0 Å². The number of rotatable bonds is 1. The van der Waals surface area contributed by atoms with Gasteiger partial charge in [-0.25, -0.2) is 4.98 Å². The maximum absolute atomic E-state index is 10.3. The number of carbonyl (C=O) groups excluding carboxylic acids is 1. The van der Waals surface area contributed by atoms with Gasteiger partial charge in [0.1, 0.15) is 6.20 Å². The highest BCUT2D eigenvalue weighted by Gasteiger charge is 2.05. The summed E-state index contributed by atoms with van der Waals surface area (Å²) >= 11 is 0. The van der Waals surface area contributed by atoms with Crippen molar-refractivity contribution in [1.29, 1.82) is 0 Å².